The van der Waals surface area contributed by atoms with E-state index in [2.05, 4.69) is 4.18 Å². The summed E-state index contributed by atoms with van der Waals surface area (Å²) >= 11 is 0. The van der Waals surface area contributed by atoms with Crippen LogP contribution in [0.3, 0.4) is 0 Å². The summed E-state index contributed by atoms with van der Waals surface area (Å²) in [6, 6.07) is 0. The highest BCUT2D eigenvalue weighted by Crippen LogP contribution is 2.47. The Hall–Kier alpha value is -0.580. The molecule has 3 nitrogen and oxygen atoms in total. The largest absolute Gasteiger partial charge is 0.459 e. The molecule has 11 heteroatoms. The number of hydrogen-bond acceptors (Lipinski definition) is 3. The van der Waals surface area contributed by atoms with E-state index < -0.39 is 40.5 Å². The van der Waals surface area contributed by atoms with Gasteiger partial charge in [-0.05, 0) is 6.92 Å². The molecule has 0 aliphatic heterocycles. The molecule has 0 aliphatic rings. The molecule has 0 aromatic rings. The topological polar surface area (TPSA) is 43.4 Å². The zero-order valence-corrected chi connectivity index (χ0v) is 9.01. The van der Waals surface area contributed by atoms with Crippen molar-refractivity contribution >= 4 is 10.1 Å². The molecule has 0 unspecified atom stereocenters. The third-order valence-electron chi connectivity index (χ3n) is 1.47. The fraction of sp³-hybridized carbons (Fsp3) is 1.00. The molecule has 0 aromatic carbocycles. The van der Waals surface area contributed by atoms with Crippen molar-refractivity contribution in [1.29, 1.82) is 0 Å². The van der Waals surface area contributed by atoms with Crippen molar-refractivity contribution in [2.24, 2.45) is 0 Å². The molecular formula is C6H7F7O3S. The van der Waals surface area contributed by atoms with Gasteiger partial charge < -0.3 is 0 Å². The van der Waals surface area contributed by atoms with Crippen LogP contribution in [-0.4, -0.2) is 38.8 Å². The van der Waals surface area contributed by atoms with Crippen molar-refractivity contribution < 1.29 is 43.3 Å². The normalized spacial score (nSPS) is 15.1. The Balaban J connectivity index is 5.17. The first kappa shape index (κ1) is 16.4. The van der Waals surface area contributed by atoms with Crippen LogP contribution >= 0.6 is 0 Å². The van der Waals surface area contributed by atoms with E-state index in [1.54, 1.807) is 0 Å². The minimum absolute atomic E-state index is 0.657. The maximum atomic E-state index is 12.6. The zero-order valence-electron chi connectivity index (χ0n) is 8.19. The van der Waals surface area contributed by atoms with E-state index >= 15 is 0 Å². The highest BCUT2D eigenvalue weighted by molar-refractivity contribution is 7.86. The first-order chi connectivity index (χ1) is 7.27. The van der Waals surface area contributed by atoms with Crippen molar-refractivity contribution in [2.75, 3.05) is 12.4 Å². The molecule has 0 aliphatic carbocycles. The molecule has 0 spiro atoms. The molecule has 0 saturated heterocycles. The van der Waals surface area contributed by atoms with Gasteiger partial charge in [0, 0.05) is 0 Å². The lowest BCUT2D eigenvalue weighted by Gasteiger charge is -2.27. The molecule has 0 N–H and O–H groups in total. The van der Waals surface area contributed by atoms with Crippen molar-refractivity contribution in [2.45, 2.75) is 24.9 Å². The van der Waals surface area contributed by atoms with Gasteiger partial charge in [-0.15, -0.1) is 0 Å². The minimum atomic E-state index is -6.56. The maximum absolute atomic E-state index is 12.6. The minimum Gasteiger partial charge on any atom is -0.270 e. The fourth-order valence-electron chi connectivity index (χ4n) is 0.741. The third kappa shape index (κ3) is 3.69. The fourth-order valence-corrected chi connectivity index (χ4v) is 1.81. The Morgan fingerprint density at radius 1 is 1.00 bits per heavy atom. The third-order valence-corrected chi connectivity index (χ3v) is 2.78. The van der Waals surface area contributed by atoms with E-state index in [4.69, 9.17) is 0 Å². The lowest BCUT2D eigenvalue weighted by atomic mass is 10.2. The second kappa shape index (κ2) is 4.59. The van der Waals surface area contributed by atoms with Gasteiger partial charge in [-0.3, -0.25) is 4.18 Å². The summed E-state index contributed by atoms with van der Waals surface area (Å²) in [5.74, 6) is -15.0. The van der Waals surface area contributed by atoms with Gasteiger partial charge in [0.05, 0.1) is 6.61 Å². The summed E-state index contributed by atoms with van der Waals surface area (Å²) in [5, 5.41) is 0. The van der Waals surface area contributed by atoms with Crippen LogP contribution in [0.15, 0.2) is 0 Å². The summed E-state index contributed by atoms with van der Waals surface area (Å²) in [6.45, 7) is 0.383. The lowest BCUT2D eigenvalue weighted by molar-refractivity contribution is -0.348. The Morgan fingerprint density at radius 2 is 1.41 bits per heavy atom. The Morgan fingerprint density at radius 3 is 1.71 bits per heavy atom. The van der Waals surface area contributed by atoms with Gasteiger partial charge in [-0.1, -0.05) is 0 Å². The molecule has 0 amide bonds. The molecule has 0 saturated carbocycles. The van der Waals surface area contributed by atoms with Crippen molar-refractivity contribution in [3.63, 3.8) is 0 Å². The predicted molar refractivity (Wildman–Crippen MR) is 41.4 cm³/mol. The number of rotatable bonds is 5. The molecule has 0 bridgehead atoms. The first-order valence-electron chi connectivity index (χ1n) is 3.96. The highest BCUT2D eigenvalue weighted by Gasteiger charge is 2.73. The van der Waals surface area contributed by atoms with Crippen LogP contribution in [0.2, 0.25) is 0 Å². The van der Waals surface area contributed by atoms with Crippen LogP contribution in [0.25, 0.3) is 0 Å². The van der Waals surface area contributed by atoms with Crippen molar-refractivity contribution in [3.05, 3.63) is 0 Å². The zero-order chi connectivity index (χ0) is 14.1. The summed E-state index contributed by atoms with van der Waals surface area (Å²) in [6.07, 6.45) is -6.56. The van der Waals surface area contributed by atoms with Gasteiger partial charge >= 0.3 is 18.0 Å². The van der Waals surface area contributed by atoms with Crippen LogP contribution in [0.5, 0.6) is 0 Å². The number of hydrogen-bond donors (Lipinski definition) is 0. The monoisotopic (exact) mass is 292 g/mol. The van der Waals surface area contributed by atoms with Crippen LogP contribution in [0, 0.1) is 0 Å². The smallest absolute Gasteiger partial charge is 0.270 e. The molecule has 0 rings (SSSR count). The van der Waals surface area contributed by atoms with Crippen molar-refractivity contribution in [1.82, 2.24) is 0 Å². The van der Waals surface area contributed by atoms with Gasteiger partial charge in [0.25, 0.3) is 10.1 Å². The second-order valence-electron chi connectivity index (χ2n) is 2.89. The van der Waals surface area contributed by atoms with E-state index in [0.717, 1.165) is 6.92 Å². The van der Waals surface area contributed by atoms with Crippen LogP contribution in [0.1, 0.15) is 6.92 Å². The maximum Gasteiger partial charge on any atom is 0.459 e. The van der Waals surface area contributed by atoms with Gasteiger partial charge in [0.15, 0.2) is 0 Å². The number of halogens is 7. The molecule has 0 fully saturated rings. The second-order valence-corrected chi connectivity index (χ2v) is 4.52. The Bertz CT molecular complexity index is 358. The number of alkyl halides is 7. The standard InChI is InChI=1S/C6H7F7O3S/c1-2-16-17(14,15)3-4(7,8)5(9,10)6(11,12)13/h2-3H2,1H3. The van der Waals surface area contributed by atoms with E-state index in [1.807, 2.05) is 0 Å². The van der Waals surface area contributed by atoms with Crippen molar-refractivity contribution in [3.8, 4) is 0 Å². The predicted octanol–water partition coefficient (Wildman–Crippen LogP) is 2.19. The van der Waals surface area contributed by atoms with Crippen LogP contribution in [0.4, 0.5) is 30.7 Å². The SMILES string of the molecule is CCOS(=O)(=O)CC(F)(F)C(F)(F)C(F)(F)F. The summed E-state index contributed by atoms with van der Waals surface area (Å²) < 4.78 is 110. The van der Waals surface area contributed by atoms with E-state index in [9.17, 15) is 39.2 Å². The van der Waals surface area contributed by atoms with E-state index in [1.165, 1.54) is 0 Å². The highest BCUT2D eigenvalue weighted by atomic mass is 32.2. The molecule has 104 valence electrons. The van der Waals surface area contributed by atoms with Crippen LogP contribution in [-0.2, 0) is 14.3 Å². The van der Waals surface area contributed by atoms with Crippen LogP contribution < -0.4 is 0 Å². The molecule has 0 radical (unpaired) electrons. The first-order valence-corrected chi connectivity index (χ1v) is 5.54. The average Bonchev–Trinajstić information content (AvgIpc) is 1.98. The van der Waals surface area contributed by atoms with Gasteiger partial charge in [-0.2, -0.15) is 39.2 Å². The lowest BCUT2D eigenvalue weighted by Crippen LogP contribution is -2.55. The quantitative estimate of drug-likeness (QED) is 0.576. The average molecular weight is 292 g/mol. The summed E-state index contributed by atoms with van der Waals surface area (Å²) in [7, 11) is -5.16. The van der Waals surface area contributed by atoms with Gasteiger partial charge in [-0.25, -0.2) is 0 Å². The van der Waals surface area contributed by atoms with Gasteiger partial charge in [0.1, 0.15) is 5.75 Å². The molecule has 0 aromatic heterocycles. The molecule has 0 atom stereocenters. The Labute approximate surface area is 91.7 Å². The van der Waals surface area contributed by atoms with E-state index in [-0.39, 0.29) is 0 Å². The summed E-state index contributed by atoms with van der Waals surface area (Å²) in [5.41, 5.74) is 0. The Kier molecular flexibility index (Phi) is 4.44. The molecule has 0 heterocycles. The molecule has 17 heavy (non-hydrogen) atoms. The molecular weight excluding hydrogens is 285 g/mol. The summed E-state index contributed by atoms with van der Waals surface area (Å²) in [4.78, 5) is 0. The van der Waals surface area contributed by atoms with Gasteiger partial charge in [0.2, 0.25) is 0 Å². The van der Waals surface area contributed by atoms with E-state index in [0.29, 0.717) is 0 Å².